The Morgan fingerprint density at radius 2 is 2.32 bits per heavy atom. The lowest BCUT2D eigenvalue weighted by Crippen LogP contribution is -2.23. The van der Waals surface area contributed by atoms with Gasteiger partial charge >= 0.3 is 0 Å². The molecule has 1 aromatic carbocycles. The van der Waals surface area contributed by atoms with Crippen LogP contribution in [0, 0.1) is 11.8 Å². The Morgan fingerprint density at radius 3 is 3.05 bits per heavy atom. The number of Topliss-reactive ketones (excluding diaryl/α,β-unsaturated/α-hetero) is 1. The fraction of sp³-hybridized carbons (Fsp3) is 0.533. The molecule has 1 N–H and O–H groups in total. The number of ether oxygens (including phenoxy) is 1. The van der Waals surface area contributed by atoms with Crippen LogP contribution < -0.4 is 10.1 Å². The minimum Gasteiger partial charge on any atom is -0.493 e. The lowest BCUT2D eigenvalue weighted by molar-refractivity contribution is -0.122. The molecule has 1 saturated heterocycles. The van der Waals surface area contributed by atoms with Crippen LogP contribution in [0.1, 0.15) is 18.1 Å². The third-order valence-corrected chi connectivity index (χ3v) is 4.34. The Kier molecular flexibility index (Phi) is 3.50. The number of carbonyl (C=O) groups is 1. The minimum atomic E-state index is 0.121. The van der Waals surface area contributed by atoms with E-state index in [0.717, 1.165) is 36.4 Å². The maximum Gasteiger partial charge on any atom is 0.142 e. The molecule has 0 amide bonds. The van der Waals surface area contributed by atoms with Gasteiger partial charge in [0.15, 0.2) is 0 Å². The molecule has 4 heteroatoms. The Labute approximate surface area is 118 Å². The minimum absolute atomic E-state index is 0.121. The number of halogens is 1. The second kappa shape index (κ2) is 5.14. The topological polar surface area (TPSA) is 38.3 Å². The van der Waals surface area contributed by atoms with Gasteiger partial charge in [0, 0.05) is 35.9 Å². The highest BCUT2D eigenvalue weighted by molar-refractivity contribution is 6.30. The molecule has 0 radical (unpaired) electrons. The third kappa shape index (κ3) is 2.49. The van der Waals surface area contributed by atoms with Crippen LogP contribution in [0.25, 0.3) is 0 Å². The van der Waals surface area contributed by atoms with Gasteiger partial charge in [-0.25, -0.2) is 0 Å². The second-order valence-electron chi connectivity index (χ2n) is 5.54. The molecule has 2 aliphatic rings. The van der Waals surface area contributed by atoms with E-state index in [-0.39, 0.29) is 11.7 Å². The number of benzene rings is 1. The van der Waals surface area contributed by atoms with Crippen molar-refractivity contribution in [1.82, 2.24) is 5.32 Å². The van der Waals surface area contributed by atoms with Crippen molar-refractivity contribution in [3.63, 3.8) is 0 Å². The molecule has 2 atom stereocenters. The predicted molar refractivity (Wildman–Crippen MR) is 74.9 cm³/mol. The third-order valence-electron chi connectivity index (χ3n) is 4.12. The van der Waals surface area contributed by atoms with Gasteiger partial charge in [0.05, 0.1) is 6.61 Å². The molecule has 2 heterocycles. The van der Waals surface area contributed by atoms with E-state index in [1.54, 1.807) is 0 Å². The normalized spacial score (nSPS) is 25.2. The molecule has 19 heavy (non-hydrogen) atoms. The summed E-state index contributed by atoms with van der Waals surface area (Å²) >= 11 is 6.12. The van der Waals surface area contributed by atoms with E-state index in [0.29, 0.717) is 24.0 Å². The van der Waals surface area contributed by atoms with Gasteiger partial charge in [-0.05, 0) is 30.2 Å². The summed E-state index contributed by atoms with van der Waals surface area (Å²) in [5, 5.41) is 3.97. The van der Waals surface area contributed by atoms with E-state index >= 15 is 0 Å². The number of fused-ring (bicyclic) bond motifs is 1. The fourth-order valence-corrected chi connectivity index (χ4v) is 3.30. The van der Waals surface area contributed by atoms with Crippen LogP contribution in [0.5, 0.6) is 5.75 Å². The molecule has 2 unspecified atom stereocenters. The van der Waals surface area contributed by atoms with Crippen molar-refractivity contribution in [2.45, 2.75) is 19.8 Å². The molecular weight excluding hydrogens is 262 g/mol. The SMILES string of the molecule is CC1CNCC1C(=O)Cc1cc(Cl)cc2c1OCC2. The predicted octanol–water partition coefficient (Wildman–Crippen LogP) is 2.24. The summed E-state index contributed by atoms with van der Waals surface area (Å²) in [5.41, 5.74) is 2.08. The van der Waals surface area contributed by atoms with Gasteiger partial charge in [-0.2, -0.15) is 0 Å². The summed E-state index contributed by atoms with van der Waals surface area (Å²) in [6.45, 7) is 4.55. The monoisotopic (exact) mass is 279 g/mol. The highest BCUT2D eigenvalue weighted by atomic mass is 35.5. The van der Waals surface area contributed by atoms with Crippen LogP contribution in [0.4, 0.5) is 0 Å². The first-order chi connectivity index (χ1) is 9.15. The molecule has 0 aliphatic carbocycles. The second-order valence-corrected chi connectivity index (χ2v) is 5.97. The summed E-state index contributed by atoms with van der Waals surface area (Å²) < 4.78 is 5.65. The molecular formula is C15H18ClNO2. The van der Waals surface area contributed by atoms with E-state index in [2.05, 4.69) is 12.2 Å². The Morgan fingerprint density at radius 1 is 1.47 bits per heavy atom. The van der Waals surface area contributed by atoms with Gasteiger partial charge in [0.2, 0.25) is 0 Å². The van der Waals surface area contributed by atoms with Crippen molar-refractivity contribution < 1.29 is 9.53 Å². The highest BCUT2D eigenvalue weighted by Gasteiger charge is 2.30. The van der Waals surface area contributed by atoms with Crippen molar-refractivity contribution in [3.05, 3.63) is 28.3 Å². The average Bonchev–Trinajstić information content (AvgIpc) is 2.97. The fourth-order valence-electron chi connectivity index (χ4n) is 3.04. The van der Waals surface area contributed by atoms with Crippen molar-refractivity contribution >= 4 is 17.4 Å². The lowest BCUT2D eigenvalue weighted by Gasteiger charge is -2.14. The van der Waals surface area contributed by atoms with E-state index < -0.39 is 0 Å². The van der Waals surface area contributed by atoms with Crippen LogP contribution in [0.2, 0.25) is 5.02 Å². The van der Waals surface area contributed by atoms with Gasteiger partial charge in [0.25, 0.3) is 0 Å². The molecule has 3 rings (SSSR count). The Bertz CT molecular complexity index is 515. The van der Waals surface area contributed by atoms with E-state index in [1.807, 2.05) is 12.1 Å². The smallest absolute Gasteiger partial charge is 0.142 e. The number of rotatable bonds is 3. The van der Waals surface area contributed by atoms with Gasteiger partial charge < -0.3 is 10.1 Å². The average molecular weight is 280 g/mol. The zero-order valence-electron chi connectivity index (χ0n) is 11.0. The standard InChI is InChI=1S/C15H18ClNO2/c1-9-7-17-8-13(9)14(18)6-11-5-12(16)4-10-2-3-19-15(10)11/h4-5,9,13,17H,2-3,6-8H2,1H3. The van der Waals surface area contributed by atoms with E-state index in [4.69, 9.17) is 16.3 Å². The van der Waals surface area contributed by atoms with Crippen LogP contribution in [-0.4, -0.2) is 25.5 Å². The summed E-state index contributed by atoms with van der Waals surface area (Å²) in [7, 11) is 0. The maximum atomic E-state index is 12.4. The number of nitrogens with one attached hydrogen (secondary N) is 1. The van der Waals surface area contributed by atoms with E-state index in [1.165, 1.54) is 0 Å². The van der Waals surface area contributed by atoms with Gasteiger partial charge in [-0.15, -0.1) is 0 Å². The van der Waals surface area contributed by atoms with Crippen molar-refractivity contribution in [1.29, 1.82) is 0 Å². The maximum absolute atomic E-state index is 12.4. The molecule has 0 aromatic heterocycles. The van der Waals surface area contributed by atoms with Gasteiger partial charge in [-0.1, -0.05) is 18.5 Å². The molecule has 3 nitrogen and oxygen atoms in total. The van der Waals surface area contributed by atoms with Gasteiger partial charge in [0.1, 0.15) is 11.5 Å². The lowest BCUT2D eigenvalue weighted by atomic mass is 9.89. The summed E-state index contributed by atoms with van der Waals surface area (Å²) in [6, 6.07) is 3.81. The Balaban J connectivity index is 1.82. The van der Waals surface area contributed by atoms with Crippen LogP contribution in [0.15, 0.2) is 12.1 Å². The summed E-state index contributed by atoms with van der Waals surface area (Å²) in [4.78, 5) is 12.4. The zero-order chi connectivity index (χ0) is 13.4. The first-order valence-corrected chi connectivity index (χ1v) is 7.20. The molecule has 1 aromatic rings. The molecule has 102 valence electrons. The van der Waals surface area contributed by atoms with Crippen LogP contribution in [-0.2, 0) is 17.6 Å². The quantitative estimate of drug-likeness (QED) is 0.922. The molecule has 0 saturated carbocycles. The van der Waals surface area contributed by atoms with Gasteiger partial charge in [-0.3, -0.25) is 4.79 Å². The first kappa shape index (κ1) is 12.9. The zero-order valence-corrected chi connectivity index (χ0v) is 11.8. The molecule has 0 bridgehead atoms. The largest absolute Gasteiger partial charge is 0.493 e. The number of hydrogen-bond acceptors (Lipinski definition) is 3. The van der Waals surface area contributed by atoms with E-state index in [9.17, 15) is 4.79 Å². The molecule has 1 fully saturated rings. The van der Waals surface area contributed by atoms with Crippen molar-refractivity contribution in [3.8, 4) is 5.75 Å². The van der Waals surface area contributed by atoms with Crippen molar-refractivity contribution in [2.75, 3.05) is 19.7 Å². The number of ketones is 1. The van der Waals surface area contributed by atoms with Crippen molar-refractivity contribution in [2.24, 2.45) is 11.8 Å². The van der Waals surface area contributed by atoms with Crippen LogP contribution >= 0.6 is 11.6 Å². The summed E-state index contributed by atoms with van der Waals surface area (Å²) in [6.07, 6.45) is 1.32. The molecule has 2 aliphatic heterocycles. The number of carbonyl (C=O) groups excluding carboxylic acids is 1. The highest BCUT2D eigenvalue weighted by Crippen LogP contribution is 2.34. The first-order valence-electron chi connectivity index (χ1n) is 6.82. The number of hydrogen-bond donors (Lipinski definition) is 1. The van der Waals surface area contributed by atoms with Crippen LogP contribution in [0.3, 0.4) is 0 Å². The Hall–Kier alpha value is -1.06. The molecule has 0 spiro atoms. The summed E-state index contributed by atoms with van der Waals surface area (Å²) in [5.74, 6) is 1.71.